The van der Waals surface area contributed by atoms with Crippen molar-refractivity contribution in [2.24, 2.45) is 0 Å². The Kier molecular flexibility index (Phi) is 4.04. The van der Waals surface area contributed by atoms with Crippen LogP contribution < -0.4 is 0 Å². The maximum absolute atomic E-state index is 10.7. The summed E-state index contributed by atoms with van der Waals surface area (Å²) in [5.74, 6) is 0. The van der Waals surface area contributed by atoms with E-state index in [1.54, 1.807) is 5.51 Å². The molecule has 90 valence electrons. The fraction of sp³-hybridized carbons (Fsp3) is 0.636. The summed E-state index contributed by atoms with van der Waals surface area (Å²) in [4.78, 5) is 15.6. The molecule has 0 unspecified atom stereocenters. The van der Waals surface area contributed by atoms with E-state index in [2.05, 4.69) is 38.8 Å². The summed E-state index contributed by atoms with van der Waals surface area (Å²) in [6, 6.07) is 0. The van der Waals surface area contributed by atoms with Gasteiger partial charge >= 0.3 is 0 Å². The van der Waals surface area contributed by atoms with Crippen molar-refractivity contribution in [2.45, 2.75) is 45.5 Å². The van der Waals surface area contributed by atoms with Crippen LogP contribution in [0.15, 0.2) is 5.51 Å². The number of rotatable bonds is 4. The molecule has 0 bridgehead atoms. The van der Waals surface area contributed by atoms with Crippen LogP contribution in [0.5, 0.6) is 0 Å². The summed E-state index contributed by atoms with van der Waals surface area (Å²) in [6.45, 7) is 11.5. The van der Waals surface area contributed by atoms with E-state index in [9.17, 15) is 4.79 Å². The van der Waals surface area contributed by atoms with E-state index in [-0.39, 0.29) is 5.04 Å². The Hall–Kier alpha value is -0.523. The van der Waals surface area contributed by atoms with Crippen molar-refractivity contribution in [3.8, 4) is 0 Å². The van der Waals surface area contributed by atoms with E-state index >= 15 is 0 Å². The van der Waals surface area contributed by atoms with Gasteiger partial charge < -0.3 is 4.43 Å². The third-order valence-corrected chi connectivity index (χ3v) is 8.46. The average Bonchev–Trinajstić information content (AvgIpc) is 2.60. The van der Waals surface area contributed by atoms with Crippen LogP contribution in [-0.2, 0) is 11.0 Å². The Balaban J connectivity index is 2.68. The minimum atomic E-state index is -1.73. The van der Waals surface area contributed by atoms with Gasteiger partial charge in [0.2, 0.25) is 0 Å². The molecule has 0 aliphatic carbocycles. The van der Waals surface area contributed by atoms with Crippen molar-refractivity contribution in [3.05, 3.63) is 16.1 Å². The first kappa shape index (κ1) is 13.5. The number of aromatic nitrogens is 1. The van der Waals surface area contributed by atoms with Gasteiger partial charge in [-0.25, -0.2) is 4.98 Å². The van der Waals surface area contributed by atoms with Crippen LogP contribution in [0.25, 0.3) is 0 Å². The van der Waals surface area contributed by atoms with Crippen molar-refractivity contribution < 1.29 is 9.22 Å². The third-order valence-electron chi connectivity index (χ3n) is 3.15. The van der Waals surface area contributed by atoms with Crippen LogP contribution in [0.1, 0.15) is 36.1 Å². The van der Waals surface area contributed by atoms with Crippen molar-refractivity contribution in [2.75, 3.05) is 0 Å². The molecule has 0 radical (unpaired) electrons. The molecule has 1 heterocycles. The minimum Gasteiger partial charge on any atom is -0.412 e. The molecule has 3 nitrogen and oxygen atoms in total. The molecule has 1 aromatic rings. The first-order valence-electron chi connectivity index (χ1n) is 5.29. The van der Waals surface area contributed by atoms with Gasteiger partial charge in [0.25, 0.3) is 0 Å². The van der Waals surface area contributed by atoms with Crippen LogP contribution in [0, 0.1) is 0 Å². The standard InChI is InChI=1S/C11H19NO2SSi/c1-11(2,3)16(4,5)14-7-10-9(6-13)12-8-15-10/h6,8H,7H2,1-5H3. The Labute approximate surface area is 102 Å². The molecule has 5 heteroatoms. The lowest BCUT2D eigenvalue weighted by molar-refractivity contribution is 0.111. The van der Waals surface area contributed by atoms with Crippen LogP contribution in [0.4, 0.5) is 0 Å². The molecule has 1 aromatic heterocycles. The predicted octanol–water partition coefficient (Wildman–Crippen LogP) is 3.48. The molecule has 0 fully saturated rings. The van der Waals surface area contributed by atoms with Crippen molar-refractivity contribution in [1.29, 1.82) is 0 Å². The Morgan fingerprint density at radius 1 is 1.50 bits per heavy atom. The van der Waals surface area contributed by atoms with Gasteiger partial charge in [0.15, 0.2) is 14.6 Å². The predicted molar refractivity (Wildman–Crippen MR) is 69.5 cm³/mol. The molecule has 0 aliphatic rings. The lowest BCUT2D eigenvalue weighted by atomic mass is 10.2. The molecule has 0 aromatic carbocycles. The SMILES string of the molecule is CC(C)(C)[Si](C)(C)OCc1scnc1C=O. The van der Waals surface area contributed by atoms with Gasteiger partial charge in [0.1, 0.15) is 5.69 Å². The van der Waals surface area contributed by atoms with E-state index in [1.807, 2.05) is 0 Å². The fourth-order valence-electron chi connectivity index (χ4n) is 0.946. The second-order valence-corrected chi connectivity index (χ2v) is 11.1. The quantitative estimate of drug-likeness (QED) is 0.612. The molecule has 0 aliphatic heterocycles. The van der Waals surface area contributed by atoms with Crippen LogP contribution >= 0.6 is 11.3 Å². The fourth-order valence-corrected chi connectivity index (χ4v) is 2.63. The van der Waals surface area contributed by atoms with Gasteiger partial charge in [-0.1, -0.05) is 20.8 Å². The van der Waals surface area contributed by atoms with Crippen LogP contribution in [-0.4, -0.2) is 19.6 Å². The van der Waals surface area contributed by atoms with Gasteiger partial charge in [-0.2, -0.15) is 0 Å². The van der Waals surface area contributed by atoms with Gasteiger partial charge in [0, 0.05) is 0 Å². The summed E-state index contributed by atoms with van der Waals surface area (Å²) < 4.78 is 6.03. The zero-order chi connectivity index (χ0) is 12.4. The molecule has 1 rings (SSSR count). The molecular formula is C11H19NO2SSi. The van der Waals surface area contributed by atoms with E-state index in [4.69, 9.17) is 4.43 Å². The molecule has 0 N–H and O–H groups in total. The van der Waals surface area contributed by atoms with Gasteiger partial charge in [-0.15, -0.1) is 11.3 Å². The number of hydrogen-bond donors (Lipinski definition) is 0. The highest BCUT2D eigenvalue weighted by Gasteiger charge is 2.37. The Morgan fingerprint density at radius 2 is 2.12 bits per heavy atom. The molecule has 0 saturated carbocycles. The lowest BCUT2D eigenvalue weighted by Gasteiger charge is -2.36. The topological polar surface area (TPSA) is 39.2 Å². The highest BCUT2D eigenvalue weighted by atomic mass is 32.1. The summed E-state index contributed by atoms with van der Waals surface area (Å²) in [5, 5.41) is 0.193. The molecule has 0 atom stereocenters. The van der Waals surface area contributed by atoms with E-state index in [0.717, 1.165) is 11.2 Å². The second-order valence-electron chi connectivity index (χ2n) is 5.33. The van der Waals surface area contributed by atoms with Crippen LogP contribution in [0.2, 0.25) is 18.1 Å². The largest absolute Gasteiger partial charge is 0.412 e. The number of hydrogen-bond acceptors (Lipinski definition) is 4. The van der Waals surface area contributed by atoms with Crippen molar-refractivity contribution in [1.82, 2.24) is 4.98 Å². The summed E-state index contributed by atoms with van der Waals surface area (Å²) in [5.41, 5.74) is 2.21. The highest BCUT2D eigenvalue weighted by molar-refractivity contribution is 7.09. The van der Waals surface area contributed by atoms with Gasteiger partial charge in [-0.05, 0) is 18.1 Å². The van der Waals surface area contributed by atoms with Gasteiger partial charge in [0.05, 0.1) is 17.0 Å². The highest BCUT2D eigenvalue weighted by Crippen LogP contribution is 2.37. The minimum absolute atomic E-state index is 0.193. The van der Waals surface area contributed by atoms with E-state index < -0.39 is 8.32 Å². The molecule has 0 spiro atoms. The number of nitrogens with zero attached hydrogens (tertiary/aromatic N) is 1. The number of carbonyl (C=O) groups excluding carboxylic acids is 1. The maximum Gasteiger partial charge on any atom is 0.192 e. The number of thiazole rings is 1. The molecule has 0 saturated heterocycles. The van der Waals surface area contributed by atoms with E-state index in [1.165, 1.54) is 11.3 Å². The van der Waals surface area contributed by atoms with Crippen molar-refractivity contribution in [3.63, 3.8) is 0 Å². The Morgan fingerprint density at radius 3 is 2.62 bits per heavy atom. The maximum atomic E-state index is 10.7. The molecule has 16 heavy (non-hydrogen) atoms. The first-order chi connectivity index (χ1) is 7.28. The third kappa shape index (κ3) is 2.99. The second kappa shape index (κ2) is 4.77. The van der Waals surface area contributed by atoms with Crippen LogP contribution in [0.3, 0.4) is 0 Å². The number of aldehydes is 1. The normalized spacial score (nSPS) is 12.8. The Bertz CT molecular complexity index is 368. The summed E-state index contributed by atoms with van der Waals surface area (Å²) in [7, 11) is -1.73. The molecular weight excluding hydrogens is 238 g/mol. The smallest absolute Gasteiger partial charge is 0.192 e. The van der Waals surface area contributed by atoms with Gasteiger partial charge in [-0.3, -0.25) is 4.79 Å². The van der Waals surface area contributed by atoms with Crippen molar-refractivity contribution >= 4 is 25.9 Å². The number of carbonyl (C=O) groups is 1. The monoisotopic (exact) mass is 257 g/mol. The zero-order valence-corrected chi connectivity index (χ0v) is 12.4. The summed E-state index contributed by atoms with van der Waals surface area (Å²) >= 11 is 1.48. The lowest BCUT2D eigenvalue weighted by Crippen LogP contribution is -2.40. The average molecular weight is 257 g/mol. The first-order valence-corrected chi connectivity index (χ1v) is 9.08. The van der Waals surface area contributed by atoms with E-state index in [0.29, 0.717) is 12.3 Å². The molecule has 0 amide bonds. The zero-order valence-electron chi connectivity index (χ0n) is 10.5. The summed E-state index contributed by atoms with van der Waals surface area (Å²) in [6.07, 6.45) is 0.792.